The Bertz CT molecular complexity index is 1070. The molecule has 0 saturated heterocycles. The molecule has 0 aliphatic carbocycles. The van der Waals surface area contributed by atoms with Crippen molar-refractivity contribution >= 4 is 33.2 Å². The molecule has 0 aliphatic heterocycles. The molecule has 3 rings (SSSR count). The number of aryl methyl sites for hydroxylation is 1. The molecule has 150 valence electrons. The highest BCUT2D eigenvalue weighted by molar-refractivity contribution is 7.92. The fourth-order valence-corrected chi connectivity index (χ4v) is 4.08. The van der Waals surface area contributed by atoms with E-state index in [4.69, 9.17) is 11.6 Å². The third kappa shape index (κ3) is 5.82. The maximum Gasteiger partial charge on any atom is 0.261 e. The maximum absolute atomic E-state index is 12.5. The molecule has 0 radical (unpaired) electrons. The summed E-state index contributed by atoms with van der Waals surface area (Å²) >= 11 is 6.15. The van der Waals surface area contributed by atoms with Gasteiger partial charge in [0.25, 0.3) is 15.9 Å². The van der Waals surface area contributed by atoms with Crippen molar-refractivity contribution < 1.29 is 13.2 Å². The Morgan fingerprint density at radius 2 is 1.55 bits per heavy atom. The summed E-state index contributed by atoms with van der Waals surface area (Å²) in [6.07, 6.45) is 1.64. The SMILES string of the molecule is O=C(NCCCc1ccccc1)c1cc(NS(=O)(=O)c2ccccc2)ccc1Cl. The van der Waals surface area contributed by atoms with Gasteiger partial charge in [-0.05, 0) is 48.7 Å². The van der Waals surface area contributed by atoms with Gasteiger partial charge >= 0.3 is 0 Å². The first-order valence-corrected chi connectivity index (χ1v) is 11.0. The normalized spacial score (nSPS) is 11.1. The molecule has 0 fully saturated rings. The Balaban J connectivity index is 1.63. The van der Waals surface area contributed by atoms with Gasteiger partial charge in [0.2, 0.25) is 0 Å². The van der Waals surface area contributed by atoms with Crippen molar-refractivity contribution in [3.8, 4) is 0 Å². The number of hydrogen-bond acceptors (Lipinski definition) is 3. The van der Waals surface area contributed by atoms with E-state index < -0.39 is 10.0 Å². The number of carbonyl (C=O) groups is 1. The second kappa shape index (κ2) is 9.58. The minimum Gasteiger partial charge on any atom is -0.352 e. The van der Waals surface area contributed by atoms with Gasteiger partial charge in [-0.3, -0.25) is 9.52 Å². The van der Waals surface area contributed by atoms with Crippen molar-refractivity contribution in [2.24, 2.45) is 0 Å². The van der Waals surface area contributed by atoms with Crippen LogP contribution in [0.15, 0.2) is 83.8 Å². The summed E-state index contributed by atoms with van der Waals surface area (Å²) in [4.78, 5) is 12.6. The number of hydrogen-bond donors (Lipinski definition) is 2. The Morgan fingerprint density at radius 3 is 2.24 bits per heavy atom. The van der Waals surface area contributed by atoms with Crippen LogP contribution in [0.5, 0.6) is 0 Å². The van der Waals surface area contributed by atoms with Crippen LogP contribution in [0.25, 0.3) is 0 Å². The molecule has 0 spiro atoms. The minimum absolute atomic E-state index is 0.141. The molecule has 3 aromatic rings. The van der Waals surface area contributed by atoms with Crippen molar-refractivity contribution in [3.05, 3.63) is 95.0 Å². The quantitative estimate of drug-likeness (QED) is 0.518. The van der Waals surface area contributed by atoms with Crippen LogP contribution >= 0.6 is 11.6 Å². The fraction of sp³-hybridized carbons (Fsp3) is 0.136. The zero-order valence-electron chi connectivity index (χ0n) is 15.6. The topological polar surface area (TPSA) is 75.3 Å². The summed E-state index contributed by atoms with van der Waals surface area (Å²) in [6.45, 7) is 0.490. The van der Waals surface area contributed by atoms with Crippen LogP contribution in [-0.2, 0) is 16.4 Å². The monoisotopic (exact) mass is 428 g/mol. The number of sulfonamides is 1. The van der Waals surface area contributed by atoms with E-state index in [9.17, 15) is 13.2 Å². The molecule has 1 amide bonds. The van der Waals surface area contributed by atoms with Gasteiger partial charge in [0.05, 0.1) is 15.5 Å². The van der Waals surface area contributed by atoms with E-state index in [1.807, 2.05) is 30.3 Å². The molecule has 3 aromatic carbocycles. The first kappa shape index (κ1) is 20.9. The first-order valence-electron chi connectivity index (χ1n) is 9.15. The van der Waals surface area contributed by atoms with Crippen LogP contribution < -0.4 is 10.0 Å². The highest BCUT2D eigenvalue weighted by atomic mass is 35.5. The molecule has 5 nitrogen and oxygen atoms in total. The predicted molar refractivity (Wildman–Crippen MR) is 116 cm³/mol. The molecule has 29 heavy (non-hydrogen) atoms. The number of rotatable bonds is 8. The zero-order valence-corrected chi connectivity index (χ0v) is 17.2. The lowest BCUT2D eigenvalue weighted by Gasteiger charge is -2.11. The summed E-state index contributed by atoms with van der Waals surface area (Å²) in [7, 11) is -3.74. The predicted octanol–water partition coefficient (Wildman–Crippen LogP) is 4.50. The number of amides is 1. The van der Waals surface area contributed by atoms with Crippen LogP contribution in [0.2, 0.25) is 5.02 Å². The minimum atomic E-state index is -3.74. The van der Waals surface area contributed by atoms with Gasteiger partial charge in [-0.15, -0.1) is 0 Å². The number of benzene rings is 3. The largest absolute Gasteiger partial charge is 0.352 e. The van der Waals surface area contributed by atoms with Gasteiger partial charge in [-0.1, -0.05) is 60.1 Å². The summed E-state index contributed by atoms with van der Waals surface area (Å²) in [5, 5.41) is 3.09. The Morgan fingerprint density at radius 1 is 0.897 bits per heavy atom. The third-order valence-electron chi connectivity index (χ3n) is 4.29. The Labute approximate surface area is 175 Å². The first-order chi connectivity index (χ1) is 14.0. The highest BCUT2D eigenvalue weighted by Gasteiger charge is 2.16. The van der Waals surface area contributed by atoms with Crippen molar-refractivity contribution in [3.63, 3.8) is 0 Å². The summed E-state index contributed by atoms with van der Waals surface area (Å²) in [5.74, 6) is -0.344. The van der Waals surface area contributed by atoms with Crippen LogP contribution in [0.4, 0.5) is 5.69 Å². The van der Waals surface area contributed by atoms with Crippen molar-refractivity contribution in [2.45, 2.75) is 17.7 Å². The molecule has 0 atom stereocenters. The second-order valence-corrected chi connectivity index (χ2v) is 8.55. The van der Waals surface area contributed by atoms with Crippen molar-refractivity contribution in [2.75, 3.05) is 11.3 Å². The molecule has 2 N–H and O–H groups in total. The number of halogens is 1. The molecule has 0 heterocycles. The van der Waals surface area contributed by atoms with Crippen LogP contribution in [0.3, 0.4) is 0 Å². The van der Waals surface area contributed by atoms with Crippen molar-refractivity contribution in [1.82, 2.24) is 5.32 Å². The molecule has 0 bridgehead atoms. The zero-order chi connectivity index (χ0) is 20.7. The lowest BCUT2D eigenvalue weighted by Crippen LogP contribution is -2.25. The number of nitrogens with one attached hydrogen (secondary N) is 2. The van der Waals surface area contributed by atoms with Crippen molar-refractivity contribution in [1.29, 1.82) is 0 Å². The summed E-state index contributed by atoms with van der Waals surface area (Å²) in [6, 6.07) is 22.5. The van der Waals surface area contributed by atoms with Gasteiger partial charge in [0.15, 0.2) is 0 Å². The smallest absolute Gasteiger partial charge is 0.261 e. The maximum atomic E-state index is 12.5. The van der Waals surface area contributed by atoms with Gasteiger partial charge < -0.3 is 5.32 Å². The van der Waals surface area contributed by atoms with Gasteiger partial charge in [0.1, 0.15) is 0 Å². The van der Waals surface area contributed by atoms with Gasteiger partial charge in [0, 0.05) is 12.2 Å². The van der Waals surface area contributed by atoms with E-state index in [0.29, 0.717) is 6.54 Å². The average molecular weight is 429 g/mol. The lowest BCUT2D eigenvalue weighted by atomic mass is 10.1. The Hall–Kier alpha value is -2.83. The van der Waals surface area contributed by atoms with Crippen LogP contribution in [0, 0.1) is 0 Å². The molecule has 7 heteroatoms. The lowest BCUT2D eigenvalue weighted by molar-refractivity contribution is 0.0953. The van der Waals surface area contributed by atoms with E-state index in [-0.39, 0.29) is 27.1 Å². The highest BCUT2D eigenvalue weighted by Crippen LogP contribution is 2.23. The third-order valence-corrected chi connectivity index (χ3v) is 6.01. The standard InChI is InChI=1S/C22H21ClN2O3S/c23-21-14-13-18(25-29(27,28)19-11-5-2-6-12-19)16-20(21)22(26)24-15-7-10-17-8-3-1-4-9-17/h1-6,8-9,11-14,16,25H,7,10,15H2,(H,24,26). The molecule has 0 unspecified atom stereocenters. The number of anilines is 1. The molecular formula is C22H21ClN2O3S. The summed E-state index contributed by atoms with van der Waals surface area (Å²) < 4.78 is 27.4. The summed E-state index contributed by atoms with van der Waals surface area (Å²) in [5.41, 5.74) is 1.70. The van der Waals surface area contributed by atoms with Gasteiger partial charge in [-0.2, -0.15) is 0 Å². The van der Waals surface area contributed by atoms with E-state index in [1.54, 1.807) is 18.2 Å². The number of carbonyl (C=O) groups excluding carboxylic acids is 1. The average Bonchev–Trinajstić information content (AvgIpc) is 2.73. The van der Waals surface area contributed by atoms with E-state index in [2.05, 4.69) is 10.0 Å². The Kier molecular flexibility index (Phi) is 6.90. The van der Waals surface area contributed by atoms with E-state index in [0.717, 1.165) is 12.8 Å². The molecular weight excluding hydrogens is 408 g/mol. The van der Waals surface area contributed by atoms with Crippen LogP contribution in [0.1, 0.15) is 22.3 Å². The second-order valence-electron chi connectivity index (χ2n) is 6.46. The van der Waals surface area contributed by atoms with Crippen LogP contribution in [-0.4, -0.2) is 20.9 Å². The van der Waals surface area contributed by atoms with E-state index >= 15 is 0 Å². The molecule has 0 aliphatic rings. The fourth-order valence-electron chi connectivity index (χ4n) is 2.81. The van der Waals surface area contributed by atoms with E-state index in [1.165, 1.54) is 35.9 Å². The molecule has 0 aromatic heterocycles. The van der Waals surface area contributed by atoms with Gasteiger partial charge in [-0.25, -0.2) is 8.42 Å². The molecule has 0 saturated carbocycles.